The van der Waals surface area contributed by atoms with Crippen LogP contribution in [0.1, 0.15) is 42.9 Å². The Morgan fingerprint density at radius 2 is 1.82 bits per heavy atom. The zero-order valence-electron chi connectivity index (χ0n) is 16.3. The summed E-state index contributed by atoms with van der Waals surface area (Å²) < 4.78 is 0. The molecule has 0 N–H and O–H groups in total. The summed E-state index contributed by atoms with van der Waals surface area (Å²) in [5.74, 6) is 0.922. The molecule has 2 aromatic rings. The molecule has 1 aliphatic heterocycles. The van der Waals surface area contributed by atoms with Crippen LogP contribution < -0.4 is 4.90 Å². The Morgan fingerprint density at radius 1 is 1.14 bits per heavy atom. The third kappa shape index (κ3) is 4.52. The van der Waals surface area contributed by atoms with Gasteiger partial charge in [0.15, 0.2) is 5.17 Å². The molecule has 0 unspecified atom stereocenters. The van der Waals surface area contributed by atoms with Gasteiger partial charge in [-0.25, -0.2) is 4.99 Å². The first kappa shape index (κ1) is 19.9. The zero-order chi connectivity index (χ0) is 20.1. The van der Waals surface area contributed by atoms with Gasteiger partial charge in [-0.15, -0.1) is 0 Å². The lowest BCUT2D eigenvalue weighted by Gasteiger charge is -2.17. The number of hydrogen-bond acceptors (Lipinski definition) is 4. The molecule has 142 valence electrons. The maximum atomic E-state index is 13.1. The Hall–Kier alpha value is -2.84. The highest BCUT2D eigenvalue weighted by Crippen LogP contribution is 2.30. The second kappa shape index (κ2) is 8.90. The third-order valence-electron chi connectivity index (χ3n) is 4.47. The van der Waals surface area contributed by atoms with E-state index in [1.807, 2.05) is 49.4 Å². The molecule has 0 spiro atoms. The van der Waals surface area contributed by atoms with Crippen molar-refractivity contribution in [3.05, 3.63) is 70.9 Å². The predicted molar refractivity (Wildman–Crippen MR) is 117 cm³/mol. The van der Waals surface area contributed by atoms with E-state index in [9.17, 15) is 4.79 Å². The number of rotatable bonds is 5. The van der Waals surface area contributed by atoms with E-state index in [-0.39, 0.29) is 5.91 Å². The number of anilines is 1. The average Bonchev–Trinajstić information content (AvgIpc) is 2.98. The van der Waals surface area contributed by atoms with Crippen LogP contribution in [0.15, 0.2) is 59.2 Å². The predicted octanol–water partition coefficient (Wildman–Crippen LogP) is 5.51. The minimum Gasteiger partial charge on any atom is -0.266 e. The number of carbonyl (C=O) groups excluding carboxylic acids is 1. The van der Waals surface area contributed by atoms with Crippen molar-refractivity contribution in [3.63, 3.8) is 0 Å². The smallest absolute Gasteiger partial charge is 0.266 e. The fourth-order valence-electron chi connectivity index (χ4n) is 2.84. The van der Waals surface area contributed by atoms with Crippen molar-refractivity contribution in [3.8, 4) is 6.07 Å². The first-order valence-corrected chi connectivity index (χ1v) is 10.3. The average molecular weight is 390 g/mol. The summed E-state index contributed by atoms with van der Waals surface area (Å²) in [7, 11) is 0. The fraction of sp³-hybridized carbons (Fsp3) is 0.261. The van der Waals surface area contributed by atoms with Gasteiger partial charge in [0.1, 0.15) is 5.70 Å². The van der Waals surface area contributed by atoms with Crippen LogP contribution in [0.2, 0.25) is 0 Å². The highest BCUT2D eigenvalue weighted by molar-refractivity contribution is 8.14. The summed E-state index contributed by atoms with van der Waals surface area (Å²) in [6.07, 6.45) is 2.24. The van der Waals surface area contributed by atoms with Crippen LogP contribution in [0.3, 0.4) is 0 Å². The van der Waals surface area contributed by atoms with Gasteiger partial charge in [-0.05, 0) is 42.2 Å². The molecule has 1 aliphatic rings. The lowest BCUT2D eigenvalue weighted by Crippen LogP contribution is -2.30. The zero-order valence-corrected chi connectivity index (χ0v) is 17.2. The number of nitriles is 1. The second-order valence-corrected chi connectivity index (χ2v) is 8.04. The molecule has 5 heteroatoms. The van der Waals surface area contributed by atoms with Gasteiger partial charge in [0.25, 0.3) is 5.91 Å². The van der Waals surface area contributed by atoms with Crippen molar-refractivity contribution in [1.82, 2.24) is 0 Å². The number of carbonyl (C=O) groups is 1. The molecule has 1 heterocycles. The molecule has 0 fully saturated rings. The van der Waals surface area contributed by atoms with E-state index >= 15 is 0 Å². The first-order valence-electron chi connectivity index (χ1n) is 9.31. The molecule has 0 saturated heterocycles. The second-order valence-electron chi connectivity index (χ2n) is 6.98. The summed E-state index contributed by atoms with van der Waals surface area (Å²) in [4.78, 5) is 19.3. The van der Waals surface area contributed by atoms with E-state index in [0.29, 0.717) is 29.0 Å². The normalized spacial score (nSPS) is 15.2. The summed E-state index contributed by atoms with van der Waals surface area (Å²) >= 11 is 1.43. The molecular formula is C23H23N3OS. The van der Waals surface area contributed by atoms with Crippen molar-refractivity contribution in [2.24, 2.45) is 4.99 Å². The number of aryl methyl sites for hydroxylation is 1. The molecule has 0 aromatic heterocycles. The molecule has 1 amide bonds. The summed E-state index contributed by atoms with van der Waals surface area (Å²) in [5, 5.41) is 9.44. The standard InChI is InChI=1S/C23H23N3OS/c1-16(2)19-9-7-18(8-10-19)15-21-22(27)26(20-11-5-17(3)6-12-20)23(25-21)28-14-4-13-24/h5-12,15-16H,4,14H2,1-3H3/b21-15-. The van der Waals surface area contributed by atoms with Crippen molar-refractivity contribution >= 4 is 34.6 Å². The molecule has 4 nitrogen and oxygen atoms in total. The van der Waals surface area contributed by atoms with Gasteiger partial charge < -0.3 is 0 Å². The minimum atomic E-state index is -0.142. The Kier molecular flexibility index (Phi) is 6.33. The van der Waals surface area contributed by atoms with Gasteiger partial charge >= 0.3 is 0 Å². The lowest BCUT2D eigenvalue weighted by atomic mass is 10.0. The molecule has 0 aliphatic carbocycles. The van der Waals surface area contributed by atoms with Crippen molar-refractivity contribution in [2.75, 3.05) is 10.7 Å². The Morgan fingerprint density at radius 3 is 2.43 bits per heavy atom. The number of benzene rings is 2. The molecule has 0 saturated carbocycles. The summed E-state index contributed by atoms with van der Waals surface area (Å²) in [6.45, 7) is 6.32. The molecule has 3 rings (SSSR count). The lowest BCUT2D eigenvalue weighted by molar-refractivity contribution is -0.113. The van der Waals surface area contributed by atoms with Gasteiger partial charge in [-0.1, -0.05) is 67.6 Å². The number of amidine groups is 1. The molecule has 0 radical (unpaired) electrons. The van der Waals surface area contributed by atoms with Gasteiger partial charge in [-0.3, -0.25) is 9.69 Å². The molecule has 0 bridgehead atoms. The van der Waals surface area contributed by atoms with Gasteiger partial charge in [0.2, 0.25) is 0 Å². The van der Waals surface area contributed by atoms with E-state index in [0.717, 1.165) is 16.8 Å². The number of aliphatic imine (C=N–C) groups is 1. The van der Waals surface area contributed by atoms with Crippen LogP contribution in [0.4, 0.5) is 5.69 Å². The van der Waals surface area contributed by atoms with E-state index in [1.54, 1.807) is 4.90 Å². The fourth-order valence-corrected chi connectivity index (χ4v) is 3.69. The summed E-state index contributed by atoms with van der Waals surface area (Å²) in [5.41, 5.74) is 4.54. The Balaban J connectivity index is 1.92. The molecule has 2 aromatic carbocycles. The largest absolute Gasteiger partial charge is 0.283 e. The van der Waals surface area contributed by atoms with Crippen LogP contribution in [0.25, 0.3) is 6.08 Å². The topological polar surface area (TPSA) is 56.5 Å². The number of thioether (sulfide) groups is 1. The van der Waals surface area contributed by atoms with Crippen LogP contribution in [-0.2, 0) is 4.79 Å². The van der Waals surface area contributed by atoms with Crippen molar-refractivity contribution in [1.29, 1.82) is 5.26 Å². The molecule has 0 atom stereocenters. The minimum absolute atomic E-state index is 0.142. The third-order valence-corrected chi connectivity index (χ3v) is 5.41. The van der Waals surface area contributed by atoms with Crippen LogP contribution >= 0.6 is 11.8 Å². The first-order chi connectivity index (χ1) is 13.5. The summed E-state index contributed by atoms with van der Waals surface area (Å²) in [6, 6.07) is 18.1. The van der Waals surface area contributed by atoms with Crippen LogP contribution in [0, 0.1) is 18.3 Å². The number of hydrogen-bond donors (Lipinski definition) is 0. The maximum Gasteiger partial charge on any atom is 0.283 e. The monoisotopic (exact) mass is 389 g/mol. The number of nitrogens with zero attached hydrogens (tertiary/aromatic N) is 3. The highest BCUT2D eigenvalue weighted by Gasteiger charge is 2.31. The Labute approximate surface area is 170 Å². The van der Waals surface area contributed by atoms with Crippen LogP contribution in [-0.4, -0.2) is 16.8 Å². The van der Waals surface area contributed by atoms with Crippen molar-refractivity contribution in [2.45, 2.75) is 33.1 Å². The maximum absolute atomic E-state index is 13.1. The van der Waals surface area contributed by atoms with E-state index in [1.165, 1.54) is 17.3 Å². The Bertz CT molecular complexity index is 951. The van der Waals surface area contributed by atoms with Gasteiger partial charge in [0.05, 0.1) is 11.8 Å². The SMILES string of the molecule is Cc1ccc(N2C(=O)/C(=C/c3ccc(C(C)C)cc3)N=C2SCCC#N)cc1. The van der Waals surface area contributed by atoms with Crippen molar-refractivity contribution < 1.29 is 4.79 Å². The molecule has 28 heavy (non-hydrogen) atoms. The van der Waals surface area contributed by atoms with E-state index in [4.69, 9.17) is 5.26 Å². The molecular weight excluding hydrogens is 366 g/mol. The van der Waals surface area contributed by atoms with Gasteiger partial charge in [0, 0.05) is 12.2 Å². The van der Waals surface area contributed by atoms with E-state index < -0.39 is 0 Å². The highest BCUT2D eigenvalue weighted by atomic mass is 32.2. The van der Waals surface area contributed by atoms with Crippen LogP contribution in [0.5, 0.6) is 0 Å². The quantitative estimate of drug-likeness (QED) is 0.500. The number of amides is 1. The van der Waals surface area contributed by atoms with Gasteiger partial charge in [-0.2, -0.15) is 5.26 Å². The van der Waals surface area contributed by atoms with E-state index in [2.05, 4.69) is 37.0 Å².